The van der Waals surface area contributed by atoms with Crippen molar-refractivity contribution in [3.8, 4) is 5.75 Å². The van der Waals surface area contributed by atoms with Crippen molar-refractivity contribution in [1.29, 1.82) is 0 Å². The summed E-state index contributed by atoms with van der Waals surface area (Å²) in [7, 11) is 0. The number of hydrogen-bond acceptors (Lipinski definition) is 6. The summed E-state index contributed by atoms with van der Waals surface area (Å²) >= 11 is 0. The maximum Gasteiger partial charge on any atom is 0.290 e. The summed E-state index contributed by atoms with van der Waals surface area (Å²) < 4.78 is 6.11. The predicted molar refractivity (Wildman–Crippen MR) is 141 cm³/mol. The quantitative estimate of drug-likeness (QED) is 0.320. The van der Waals surface area contributed by atoms with Gasteiger partial charge in [0, 0.05) is 48.3 Å². The molecule has 9 heteroatoms. The van der Waals surface area contributed by atoms with Crippen LogP contribution in [0.3, 0.4) is 0 Å². The van der Waals surface area contributed by atoms with Gasteiger partial charge in [-0.15, -0.1) is 0 Å². The van der Waals surface area contributed by atoms with Crippen molar-refractivity contribution in [2.45, 2.75) is 43.9 Å². The first kappa shape index (κ1) is 25.7. The molecular weight excluding hydrogens is 486 g/mol. The van der Waals surface area contributed by atoms with E-state index in [1.54, 1.807) is 19.1 Å². The number of fused-ring (bicyclic) bond motifs is 4. The number of ketones is 1. The Balaban J connectivity index is 1.51. The van der Waals surface area contributed by atoms with Gasteiger partial charge in [0.1, 0.15) is 18.0 Å². The Morgan fingerprint density at radius 1 is 1.11 bits per heavy atom. The number of carbonyl (C=O) groups is 3. The van der Waals surface area contributed by atoms with E-state index in [1.807, 2.05) is 48.5 Å². The fraction of sp³-hybridized carbons (Fsp3) is 0.345. The third-order valence-electron chi connectivity index (χ3n) is 7.27. The van der Waals surface area contributed by atoms with Gasteiger partial charge in [0.15, 0.2) is 0 Å². The van der Waals surface area contributed by atoms with Crippen molar-refractivity contribution in [3.05, 3.63) is 77.5 Å². The number of rotatable bonds is 9. The summed E-state index contributed by atoms with van der Waals surface area (Å²) in [5.41, 5.74) is 2.94. The van der Waals surface area contributed by atoms with Crippen molar-refractivity contribution in [3.63, 3.8) is 0 Å². The highest BCUT2D eigenvalue weighted by atomic mass is 16.5. The molecule has 3 aromatic rings. The molecule has 1 aromatic heterocycles. The molecule has 4 N–H and O–H groups in total. The lowest BCUT2D eigenvalue weighted by Gasteiger charge is -2.40. The molecule has 0 radical (unpaired) electrons. The Labute approximate surface area is 220 Å². The topological polar surface area (TPSA) is 132 Å². The van der Waals surface area contributed by atoms with Gasteiger partial charge < -0.3 is 30.2 Å². The second-order valence-electron chi connectivity index (χ2n) is 9.59. The number of H-pyrrole nitrogens is 1. The number of aliphatic hydroxyl groups excluding tert-OH is 2. The number of aliphatic hydroxyl groups is 2. The van der Waals surface area contributed by atoms with Crippen LogP contribution in [0.5, 0.6) is 5.75 Å². The van der Waals surface area contributed by atoms with Crippen LogP contribution in [0.25, 0.3) is 10.9 Å². The number of carbonyl (C=O) groups excluding carboxylic acids is 3. The Morgan fingerprint density at radius 2 is 1.87 bits per heavy atom. The van der Waals surface area contributed by atoms with Gasteiger partial charge in [-0.2, -0.15) is 0 Å². The van der Waals surface area contributed by atoms with Crippen LogP contribution >= 0.6 is 0 Å². The van der Waals surface area contributed by atoms with E-state index in [-0.39, 0.29) is 26.1 Å². The van der Waals surface area contributed by atoms with E-state index in [1.165, 1.54) is 4.90 Å². The number of nitrogens with one attached hydrogen (secondary N) is 2. The number of para-hydroxylation sites is 2. The fourth-order valence-electron chi connectivity index (χ4n) is 5.40. The van der Waals surface area contributed by atoms with Crippen LogP contribution < -0.4 is 10.1 Å². The van der Waals surface area contributed by atoms with Gasteiger partial charge in [-0.25, -0.2) is 0 Å². The molecular formula is C29H31N3O6. The molecule has 2 aromatic carbocycles. The van der Waals surface area contributed by atoms with Gasteiger partial charge in [-0.3, -0.25) is 14.4 Å². The average Bonchev–Trinajstić information content (AvgIpc) is 3.54. The van der Waals surface area contributed by atoms with Crippen molar-refractivity contribution in [2.24, 2.45) is 0 Å². The minimum atomic E-state index is -1.18. The first-order chi connectivity index (χ1) is 18.4. The second kappa shape index (κ2) is 10.8. The lowest BCUT2D eigenvalue weighted by atomic mass is 9.77. The molecule has 1 aliphatic heterocycles. The Hall–Kier alpha value is -3.95. The Bertz CT molecular complexity index is 1360. The molecule has 0 saturated heterocycles. The van der Waals surface area contributed by atoms with Crippen LogP contribution in [0.2, 0.25) is 0 Å². The summed E-state index contributed by atoms with van der Waals surface area (Å²) in [5.74, 6) is -1.71. The number of ether oxygens (including phenoxy) is 1. The maximum absolute atomic E-state index is 13.3. The van der Waals surface area contributed by atoms with Crippen molar-refractivity contribution < 1.29 is 29.3 Å². The molecule has 2 aliphatic rings. The van der Waals surface area contributed by atoms with Crippen LogP contribution in [0, 0.1) is 0 Å². The van der Waals surface area contributed by atoms with Crippen LogP contribution in [0.4, 0.5) is 0 Å². The van der Waals surface area contributed by atoms with Crippen LogP contribution in [-0.2, 0) is 20.8 Å². The normalized spacial score (nSPS) is 21.7. The molecule has 0 bridgehead atoms. The average molecular weight is 518 g/mol. The van der Waals surface area contributed by atoms with E-state index in [4.69, 9.17) is 4.74 Å². The summed E-state index contributed by atoms with van der Waals surface area (Å²) in [4.78, 5) is 43.8. The molecule has 4 unspecified atom stereocenters. The van der Waals surface area contributed by atoms with Crippen LogP contribution in [-0.4, -0.2) is 75.6 Å². The monoisotopic (exact) mass is 517 g/mol. The van der Waals surface area contributed by atoms with Gasteiger partial charge >= 0.3 is 0 Å². The number of amides is 2. The van der Waals surface area contributed by atoms with Crippen molar-refractivity contribution in [2.75, 3.05) is 19.7 Å². The number of Topliss-reactive ketones (excluding diaryl/α,β-unsaturated/α-hetero) is 1. The largest absolute Gasteiger partial charge is 0.486 e. The van der Waals surface area contributed by atoms with E-state index in [0.29, 0.717) is 17.7 Å². The maximum atomic E-state index is 13.3. The first-order valence-electron chi connectivity index (χ1n) is 12.9. The smallest absolute Gasteiger partial charge is 0.290 e. The van der Waals surface area contributed by atoms with Crippen molar-refractivity contribution >= 4 is 28.5 Å². The van der Waals surface area contributed by atoms with Crippen molar-refractivity contribution in [1.82, 2.24) is 15.2 Å². The van der Waals surface area contributed by atoms with E-state index in [0.717, 1.165) is 22.2 Å². The van der Waals surface area contributed by atoms with Crippen LogP contribution in [0.15, 0.2) is 66.2 Å². The van der Waals surface area contributed by atoms with Gasteiger partial charge in [0.2, 0.25) is 11.7 Å². The lowest BCUT2D eigenvalue weighted by molar-refractivity contribution is -0.148. The van der Waals surface area contributed by atoms with Gasteiger partial charge in [-0.1, -0.05) is 43.3 Å². The van der Waals surface area contributed by atoms with Gasteiger partial charge in [-0.05, 0) is 29.7 Å². The molecule has 0 fully saturated rings. The van der Waals surface area contributed by atoms with E-state index < -0.39 is 41.8 Å². The third kappa shape index (κ3) is 4.70. The predicted octanol–water partition coefficient (Wildman–Crippen LogP) is 1.84. The van der Waals surface area contributed by atoms with E-state index in [2.05, 4.69) is 10.3 Å². The highest BCUT2D eigenvalue weighted by Gasteiger charge is 2.50. The number of benzene rings is 2. The molecule has 198 valence electrons. The van der Waals surface area contributed by atoms with E-state index >= 15 is 0 Å². The number of hydrogen-bond donors (Lipinski definition) is 4. The first-order valence-corrected chi connectivity index (χ1v) is 12.9. The number of aromatic nitrogens is 1. The van der Waals surface area contributed by atoms with Crippen LogP contribution in [0.1, 0.15) is 30.5 Å². The van der Waals surface area contributed by atoms with Gasteiger partial charge in [0.05, 0.1) is 18.6 Å². The highest BCUT2D eigenvalue weighted by Crippen LogP contribution is 2.47. The molecule has 0 spiro atoms. The molecule has 9 nitrogen and oxygen atoms in total. The highest BCUT2D eigenvalue weighted by molar-refractivity contribution is 6.36. The molecule has 4 atom stereocenters. The second-order valence-corrected chi connectivity index (χ2v) is 9.59. The zero-order chi connectivity index (χ0) is 26.8. The Morgan fingerprint density at radius 3 is 2.63 bits per heavy atom. The summed E-state index contributed by atoms with van der Waals surface area (Å²) in [5, 5.41) is 24.5. The van der Waals surface area contributed by atoms with Gasteiger partial charge in [0.25, 0.3) is 5.91 Å². The standard InChI is InChI=1S/C29H31N3O6/c1-2-23(34)29(37)32(13-11-18-15-17-7-3-5-9-21(17)31-18)22-16-20(28(36)30-12-14-33)25-19-8-4-6-10-24(19)38-27(25)26(22)35/h3-10,15-16,22,25-27,31,33,35H,2,11-14H2,1H3,(H,30,36). The lowest BCUT2D eigenvalue weighted by Crippen LogP contribution is -2.57. The number of nitrogens with zero attached hydrogens (tertiary/aromatic N) is 1. The molecule has 38 heavy (non-hydrogen) atoms. The molecule has 5 rings (SSSR count). The summed E-state index contributed by atoms with van der Waals surface area (Å²) in [6, 6.07) is 16.1. The zero-order valence-electron chi connectivity index (χ0n) is 21.1. The SMILES string of the molecule is CCC(=O)C(=O)N(CCc1cc2ccccc2[nH]1)C1C=C(C(=O)NCCO)C2c3ccccc3OC2C1O. The summed E-state index contributed by atoms with van der Waals surface area (Å²) in [6.07, 6.45) is 0.00756. The fourth-order valence-corrected chi connectivity index (χ4v) is 5.40. The minimum Gasteiger partial charge on any atom is -0.486 e. The number of aromatic amines is 1. The third-order valence-corrected chi connectivity index (χ3v) is 7.27. The molecule has 1 aliphatic carbocycles. The summed E-state index contributed by atoms with van der Waals surface area (Å²) in [6.45, 7) is 1.59. The molecule has 2 amide bonds. The Kier molecular flexibility index (Phi) is 7.31. The zero-order valence-corrected chi connectivity index (χ0v) is 21.1. The van der Waals surface area contributed by atoms with E-state index in [9.17, 15) is 24.6 Å². The molecule has 2 heterocycles. The molecule has 0 saturated carbocycles. The minimum absolute atomic E-state index is 0.0199.